The third kappa shape index (κ3) is 8.30. The third-order valence-corrected chi connectivity index (χ3v) is 3.46. The highest BCUT2D eigenvalue weighted by molar-refractivity contribution is 8.00. The average Bonchev–Trinajstić information content (AvgIpc) is 2.15. The van der Waals surface area contributed by atoms with Gasteiger partial charge in [0.05, 0.1) is 0 Å². The minimum atomic E-state index is -0.764. The molecule has 1 atom stereocenters. The van der Waals surface area contributed by atoms with Crippen LogP contribution in [0.4, 0.5) is 0 Å². The smallest absolute Gasteiger partial charge is 0.316 e. The van der Waals surface area contributed by atoms with Crippen LogP contribution in [-0.2, 0) is 9.59 Å². The topological polar surface area (TPSA) is 74.6 Å². The Kier molecular flexibility index (Phi) is 8.18. The number of carboxylic acid groups (broad SMARTS) is 2. The summed E-state index contributed by atoms with van der Waals surface area (Å²) in [4.78, 5) is 20.8. The molecule has 0 heterocycles. The maximum absolute atomic E-state index is 10.6. The van der Waals surface area contributed by atoms with Crippen molar-refractivity contribution in [2.24, 2.45) is 0 Å². The number of carbonyl (C=O) groups is 2. The fourth-order valence-electron chi connectivity index (χ4n) is 1.14. The van der Waals surface area contributed by atoms with E-state index in [0.717, 1.165) is 18.6 Å². The van der Waals surface area contributed by atoms with Crippen LogP contribution in [0.1, 0.15) is 39.0 Å². The van der Waals surface area contributed by atoms with Crippen LogP contribution in [0.5, 0.6) is 0 Å². The number of hydrogen-bond acceptors (Lipinski definition) is 3. The van der Waals surface area contributed by atoms with Crippen molar-refractivity contribution >= 4 is 23.7 Å². The molecule has 0 aromatic rings. The largest absolute Gasteiger partial charge is 0.481 e. The van der Waals surface area contributed by atoms with E-state index in [0.29, 0.717) is 12.8 Å². The lowest BCUT2D eigenvalue weighted by Gasteiger charge is -2.08. The fourth-order valence-corrected chi connectivity index (χ4v) is 2.18. The first-order valence-corrected chi connectivity index (χ1v) is 6.19. The van der Waals surface area contributed by atoms with Crippen molar-refractivity contribution in [1.29, 1.82) is 0 Å². The number of rotatable bonds is 9. The first-order valence-electron chi connectivity index (χ1n) is 5.14. The minimum absolute atomic E-state index is 0.209. The number of carboxylic acids is 2. The molecule has 0 saturated carbocycles. The summed E-state index contributed by atoms with van der Waals surface area (Å²) < 4.78 is 0. The Hall–Kier alpha value is -0.710. The Balaban J connectivity index is 3.37. The average molecular weight is 234 g/mol. The molecule has 0 bridgehead atoms. The molecular weight excluding hydrogens is 216 g/mol. The van der Waals surface area contributed by atoms with Crippen molar-refractivity contribution < 1.29 is 19.8 Å². The molecule has 0 aliphatic rings. The molecule has 0 spiro atoms. The zero-order chi connectivity index (χ0) is 11.7. The SMILES string of the molecule is CCC(SCCCCCC(=O)O)C(=O)O. The van der Waals surface area contributed by atoms with Crippen molar-refractivity contribution in [3.05, 3.63) is 0 Å². The van der Waals surface area contributed by atoms with E-state index in [1.165, 1.54) is 11.8 Å². The lowest BCUT2D eigenvalue weighted by Crippen LogP contribution is -2.15. The predicted octanol–water partition coefficient (Wildman–Crippen LogP) is 2.23. The van der Waals surface area contributed by atoms with Crippen LogP contribution in [0, 0.1) is 0 Å². The maximum atomic E-state index is 10.6. The standard InChI is InChI=1S/C10H18O4S/c1-2-8(10(13)14)15-7-5-3-4-6-9(11)12/h8H,2-7H2,1H3,(H,11,12)(H,13,14). The highest BCUT2D eigenvalue weighted by atomic mass is 32.2. The van der Waals surface area contributed by atoms with E-state index in [9.17, 15) is 9.59 Å². The van der Waals surface area contributed by atoms with E-state index in [4.69, 9.17) is 10.2 Å². The van der Waals surface area contributed by atoms with Gasteiger partial charge >= 0.3 is 11.9 Å². The summed E-state index contributed by atoms with van der Waals surface area (Å²) in [6.07, 6.45) is 3.27. The van der Waals surface area contributed by atoms with Crippen molar-refractivity contribution in [1.82, 2.24) is 0 Å². The van der Waals surface area contributed by atoms with Gasteiger partial charge in [-0.3, -0.25) is 9.59 Å². The normalized spacial score (nSPS) is 12.3. The lowest BCUT2D eigenvalue weighted by atomic mass is 10.2. The second-order valence-corrected chi connectivity index (χ2v) is 4.62. The van der Waals surface area contributed by atoms with E-state index in [1.807, 2.05) is 6.92 Å². The van der Waals surface area contributed by atoms with Gasteiger partial charge in [-0.2, -0.15) is 0 Å². The molecular formula is C10H18O4S. The van der Waals surface area contributed by atoms with Crippen LogP contribution in [-0.4, -0.2) is 33.2 Å². The number of thioether (sulfide) groups is 1. The Labute approximate surface area is 94.1 Å². The van der Waals surface area contributed by atoms with Gasteiger partial charge in [-0.05, 0) is 25.0 Å². The number of aliphatic carboxylic acids is 2. The molecule has 0 aromatic carbocycles. The van der Waals surface area contributed by atoms with E-state index in [2.05, 4.69) is 0 Å². The quantitative estimate of drug-likeness (QED) is 0.598. The molecule has 0 radical (unpaired) electrons. The van der Waals surface area contributed by atoms with Gasteiger partial charge in [0.1, 0.15) is 5.25 Å². The summed E-state index contributed by atoms with van der Waals surface area (Å²) in [7, 11) is 0. The van der Waals surface area contributed by atoms with Gasteiger partial charge in [0.2, 0.25) is 0 Å². The molecule has 15 heavy (non-hydrogen) atoms. The van der Waals surface area contributed by atoms with E-state index >= 15 is 0 Å². The Morgan fingerprint density at radius 3 is 2.33 bits per heavy atom. The summed E-state index contributed by atoms with van der Waals surface area (Å²) in [6.45, 7) is 1.86. The van der Waals surface area contributed by atoms with Crippen molar-refractivity contribution in [3.8, 4) is 0 Å². The maximum Gasteiger partial charge on any atom is 0.316 e. The number of unbranched alkanes of at least 4 members (excludes halogenated alkanes) is 2. The summed E-state index contributed by atoms with van der Waals surface area (Å²) in [6, 6.07) is 0. The number of hydrogen-bond donors (Lipinski definition) is 2. The molecule has 0 aliphatic carbocycles. The van der Waals surface area contributed by atoms with Crippen molar-refractivity contribution in [3.63, 3.8) is 0 Å². The highest BCUT2D eigenvalue weighted by Crippen LogP contribution is 2.17. The minimum Gasteiger partial charge on any atom is -0.481 e. The predicted molar refractivity (Wildman–Crippen MR) is 60.3 cm³/mol. The molecule has 0 rings (SSSR count). The molecule has 4 nitrogen and oxygen atoms in total. The van der Waals surface area contributed by atoms with Crippen LogP contribution < -0.4 is 0 Å². The molecule has 1 unspecified atom stereocenters. The van der Waals surface area contributed by atoms with Crippen LogP contribution in [0.25, 0.3) is 0 Å². The summed E-state index contributed by atoms with van der Waals surface area (Å²) in [5, 5.41) is 16.8. The highest BCUT2D eigenvalue weighted by Gasteiger charge is 2.14. The van der Waals surface area contributed by atoms with E-state index in [-0.39, 0.29) is 11.7 Å². The molecule has 5 heteroatoms. The monoisotopic (exact) mass is 234 g/mol. The molecule has 0 aliphatic heterocycles. The molecule has 0 saturated heterocycles. The van der Waals surface area contributed by atoms with Gasteiger partial charge in [0.25, 0.3) is 0 Å². The summed E-state index contributed by atoms with van der Waals surface area (Å²) >= 11 is 1.44. The Bertz CT molecular complexity index is 206. The zero-order valence-electron chi connectivity index (χ0n) is 8.94. The van der Waals surface area contributed by atoms with Crippen LogP contribution in [0.3, 0.4) is 0 Å². The molecule has 0 fully saturated rings. The van der Waals surface area contributed by atoms with E-state index in [1.54, 1.807) is 0 Å². The van der Waals surface area contributed by atoms with Gasteiger partial charge in [-0.25, -0.2) is 0 Å². The lowest BCUT2D eigenvalue weighted by molar-refractivity contribution is -0.137. The van der Waals surface area contributed by atoms with Crippen LogP contribution in [0.15, 0.2) is 0 Å². The van der Waals surface area contributed by atoms with Gasteiger partial charge in [0, 0.05) is 6.42 Å². The van der Waals surface area contributed by atoms with Gasteiger partial charge in [0.15, 0.2) is 0 Å². The van der Waals surface area contributed by atoms with Gasteiger partial charge in [-0.1, -0.05) is 13.3 Å². The molecule has 2 N–H and O–H groups in total. The zero-order valence-corrected chi connectivity index (χ0v) is 9.76. The summed E-state index contributed by atoms with van der Waals surface area (Å²) in [5.74, 6) is -0.725. The first kappa shape index (κ1) is 14.3. The first-order chi connectivity index (χ1) is 7.07. The molecule has 0 aromatic heterocycles. The van der Waals surface area contributed by atoms with Crippen molar-refractivity contribution in [2.75, 3.05) is 5.75 Å². The molecule has 88 valence electrons. The van der Waals surface area contributed by atoms with Crippen molar-refractivity contribution in [2.45, 2.75) is 44.3 Å². The third-order valence-electron chi connectivity index (χ3n) is 2.00. The van der Waals surface area contributed by atoms with Gasteiger partial charge in [-0.15, -0.1) is 11.8 Å². The second-order valence-electron chi connectivity index (χ2n) is 3.31. The van der Waals surface area contributed by atoms with E-state index < -0.39 is 11.9 Å². The Morgan fingerprint density at radius 2 is 1.87 bits per heavy atom. The Morgan fingerprint density at radius 1 is 1.20 bits per heavy atom. The fraction of sp³-hybridized carbons (Fsp3) is 0.800. The van der Waals surface area contributed by atoms with Gasteiger partial charge < -0.3 is 10.2 Å². The summed E-state index contributed by atoms with van der Waals surface area (Å²) in [5.41, 5.74) is 0. The second kappa shape index (κ2) is 8.59. The van der Waals surface area contributed by atoms with Crippen LogP contribution in [0.2, 0.25) is 0 Å². The molecule has 0 amide bonds. The van der Waals surface area contributed by atoms with Crippen LogP contribution >= 0.6 is 11.8 Å².